The highest BCUT2D eigenvalue weighted by Gasteiger charge is 2.17. The molecule has 0 bridgehead atoms. The molecular formula is C14H23NO. The van der Waals surface area contributed by atoms with Crippen LogP contribution in [0.25, 0.3) is 0 Å². The van der Waals surface area contributed by atoms with Gasteiger partial charge in [0.2, 0.25) is 0 Å². The highest BCUT2D eigenvalue weighted by molar-refractivity contribution is 5.27. The van der Waals surface area contributed by atoms with E-state index in [1.54, 1.807) is 6.07 Å². The fourth-order valence-electron chi connectivity index (χ4n) is 2.47. The van der Waals surface area contributed by atoms with Gasteiger partial charge >= 0.3 is 0 Å². The van der Waals surface area contributed by atoms with Crippen molar-refractivity contribution in [2.75, 3.05) is 14.1 Å². The Bertz CT molecular complexity index is 322. The van der Waals surface area contributed by atoms with Gasteiger partial charge < -0.3 is 10.0 Å². The van der Waals surface area contributed by atoms with Gasteiger partial charge in [-0.15, -0.1) is 0 Å². The van der Waals surface area contributed by atoms with Gasteiger partial charge in [-0.3, -0.25) is 0 Å². The molecule has 0 aliphatic heterocycles. The van der Waals surface area contributed by atoms with Crippen molar-refractivity contribution in [2.45, 2.75) is 32.7 Å². The van der Waals surface area contributed by atoms with Gasteiger partial charge in [-0.1, -0.05) is 26.0 Å². The van der Waals surface area contributed by atoms with Crippen LogP contribution < -0.4 is 0 Å². The quantitative estimate of drug-likeness (QED) is 0.826. The number of hydrogen-bond acceptors (Lipinski definition) is 2. The summed E-state index contributed by atoms with van der Waals surface area (Å²) < 4.78 is 0. The number of phenols is 1. The van der Waals surface area contributed by atoms with Crippen molar-refractivity contribution < 1.29 is 5.11 Å². The Morgan fingerprint density at radius 2 is 2.00 bits per heavy atom. The zero-order chi connectivity index (χ0) is 12.1. The molecule has 0 aliphatic rings. The number of rotatable bonds is 5. The number of benzene rings is 1. The van der Waals surface area contributed by atoms with Crippen molar-refractivity contribution in [3.05, 3.63) is 29.8 Å². The molecule has 0 spiro atoms. The number of hydrogen-bond donors (Lipinski definition) is 1. The van der Waals surface area contributed by atoms with Crippen LogP contribution in [0.15, 0.2) is 24.3 Å². The summed E-state index contributed by atoms with van der Waals surface area (Å²) in [5.41, 5.74) is 1.22. The maximum Gasteiger partial charge on any atom is 0.115 e. The normalized spacial score (nSPS) is 15.1. The lowest BCUT2D eigenvalue weighted by Gasteiger charge is -2.29. The van der Waals surface area contributed by atoms with Crippen LogP contribution in [0.4, 0.5) is 0 Å². The third-order valence-electron chi connectivity index (χ3n) is 3.21. The van der Waals surface area contributed by atoms with E-state index in [-0.39, 0.29) is 0 Å². The van der Waals surface area contributed by atoms with Gasteiger partial charge in [-0.2, -0.15) is 0 Å². The Morgan fingerprint density at radius 1 is 1.31 bits per heavy atom. The van der Waals surface area contributed by atoms with Gasteiger partial charge in [0, 0.05) is 6.04 Å². The molecule has 0 saturated heterocycles. The number of phenolic OH excluding ortho intramolecular Hbond substituents is 1. The lowest BCUT2D eigenvalue weighted by atomic mass is 9.91. The van der Waals surface area contributed by atoms with Crippen molar-refractivity contribution >= 4 is 0 Å². The van der Waals surface area contributed by atoms with Gasteiger partial charge in [0.15, 0.2) is 0 Å². The van der Waals surface area contributed by atoms with E-state index < -0.39 is 0 Å². The Kier molecular flexibility index (Phi) is 4.81. The maximum atomic E-state index is 9.42. The monoisotopic (exact) mass is 221 g/mol. The van der Waals surface area contributed by atoms with Gasteiger partial charge in [0.1, 0.15) is 5.75 Å². The second-order valence-corrected chi connectivity index (χ2v) is 4.79. The van der Waals surface area contributed by atoms with Crippen molar-refractivity contribution in [2.24, 2.45) is 5.92 Å². The predicted molar refractivity (Wildman–Crippen MR) is 68.7 cm³/mol. The van der Waals surface area contributed by atoms with Gasteiger partial charge in [0.25, 0.3) is 0 Å². The zero-order valence-electron chi connectivity index (χ0n) is 10.8. The van der Waals surface area contributed by atoms with Crippen molar-refractivity contribution in [3.63, 3.8) is 0 Å². The average Bonchev–Trinajstić information content (AvgIpc) is 2.17. The first-order valence-electron chi connectivity index (χ1n) is 5.99. The molecule has 0 amide bonds. The van der Waals surface area contributed by atoms with Crippen LogP contribution in [-0.2, 0) is 6.42 Å². The van der Waals surface area contributed by atoms with Crippen LogP contribution in [0.2, 0.25) is 0 Å². The first-order chi connectivity index (χ1) is 7.54. The lowest BCUT2D eigenvalue weighted by molar-refractivity contribution is 0.213. The lowest BCUT2D eigenvalue weighted by Crippen LogP contribution is -2.34. The fraction of sp³-hybridized carbons (Fsp3) is 0.571. The highest BCUT2D eigenvalue weighted by atomic mass is 16.3. The van der Waals surface area contributed by atoms with E-state index in [2.05, 4.69) is 38.9 Å². The minimum Gasteiger partial charge on any atom is -0.508 e. The van der Waals surface area contributed by atoms with Crippen LogP contribution in [0.3, 0.4) is 0 Å². The molecule has 16 heavy (non-hydrogen) atoms. The Balaban J connectivity index is 2.66. The van der Waals surface area contributed by atoms with Crippen LogP contribution in [0.1, 0.15) is 25.8 Å². The number of aromatic hydroxyl groups is 1. The molecule has 1 unspecified atom stereocenters. The maximum absolute atomic E-state index is 9.42. The molecule has 1 aromatic rings. The summed E-state index contributed by atoms with van der Waals surface area (Å²) >= 11 is 0. The molecule has 0 heterocycles. The molecule has 1 N–H and O–H groups in total. The molecule has 2 nitrogen and oxygen atoms in total. The Morgan fingerprint density at radius 3 is 2.50 bits per heavy atom. The molecular weight excluding hydrogens is 198 g/mol. The molecule has 2 atom stereocenters. The summed E-state index contributed by atoms with van der Waals surface area (Å²) in [5.74, 6) is 0.962. The molecule has 2 heteroatoms. The summed E-state index contributed by atoms with van der Waals surface area (Å²) in [5, 5.41) is 9.42. The van der Waals surface area contributed by atoms with E-state index in [0.717, 1.165) is 12.8 Å². The smallest absolute Gasteiger partial charge is 0.115 e. The molecule has 0 aliphatic carbocycles. The molecule has 90 valence electrons. The van der Waals surface area contributed by atoms with Crippen molar-refractivity contribution in [1.29, 1.82) is 0 Å². The van der Waals surface area contributed by atoms with Crippen molar-refractivity contribution in [3.8, 4) is 5.75 Å². The predicted octanol–water partition coefficient (Wildman–Crippen LogP) is 2.91. The Labute approximate surface area is 98.9 Å². The first-order valence-corrected chi connectivity index (χ1v) is 5.99. The molecule has 0 radical (unpaired) electrons. The molecule has 0 aromatic heterocycles. The molecule has 0 fully saturated rings. The third-order valence-corrected chi connectivity index (χ3v) is 3.21. The topological polar surface area (TPSA) is 23.5 Å². The summed E-state index contributed by atoms with van der Waals surface area (Å²) in [6.07, 6.45) is 2.18. The average molecular weight is 221 g/mol. The molecule has 1 aromatic carbocycles. The van der Waals surface area contributed by atoms with E-state index in [1.807, 2.05) is 12.1 Å². The minimum atomic E-state index is 0.364. The molecule has 0 saturated carbocycles. The Hall–Kier alpha value is -1.02. The van der Waals surface area contributed by atoms with E-state index >= 15 is 0 Å². The first kappa shape index (κ1) is 13.0. The zero-order valence-corrected chi connectivity index (χ0v) is 10.8. The second kappa shape index (κ2) is 5.90. The summed E-state index contributed by atoms with van der Waals surface area (Å²) in [4.78, 5) is 2.29. The standard InChI is InChI=1S/C14H23NO/c1-5-14(15(3)4)11(2)9-12-7-6-8-13(16)10-12/h6-8,10-11,14,16H,5,9H2,1-4H3/t11-,14?/m1/s1. The van der Waals surface area contributed by atoms with Gasteiger partial charge in [-0.05, 0) is 50.6 Å². The van der Waals surface area contributed by atoms with Crippen LogP contribution in [0.5, 0.6) is 5.75 Å². The van der Waals surface area contributed by atoms with E-state index in [0.29, 0.717) is 17.7 Å². The SMILES string of the molecule is CCC([C@H](C)Cc1cccc(O)c1)N(C)C. The van der Waals surface area contributed by atoms with Crippen molar-refractivity contribution in [1.82, 2.24) is 4.90 Å². The van der Waals surface area contributed by atoms with Crippen LogP contribution in [0, 0.1) is 5.92 Å². The minimum absolute atomic E-state index is 0.364. The highest BCUT2D eigenvalue weighted by Crippen LogP contribution is 2.20. The van der Waals surface area contributed by atoms with Gasteiger partial charge in [-0.25, -0.2) is 0 Å². The molecule has 1 rings (SSSR count). The summed E-state index contributed by atoms with van der Waals surface area (Å²) in [6.45, 7) is 4.50. The van der Waals surface area contributed by atoms with E-state index in [9.17, 15) is 5.11 Å². The van der Waals surface area contributed by atoms with Gasteiger partial charge in [0.05, 0.1) is 0 Å². The fourth-order valence-corrected chi connectivity index (χ4v) is 2.47. The van der Waals surface area contributed by atoms with E-state index in [4.69, 9.17) is 0 Å². The van der Waals surface area contributed by atoms with Crippen LogP contribution >= 0.6 is 0 Å². The van der Waals surface area contributed by atoms with Crippen LogP contribution in [-0.4, -0.2) is 30.1 Å². The second-order valence-electron chi connectivity index (χ2n) is 4.79. The largest absolute Gasteiger partial charge is 0.508 e. The summed E-state index contributed by atoms with van der Waals surface area (Å²) in [6, 6.07) is 8.17. The third kappa shape index (κ3) is 3.53. The summed E-state index contributed by atoms with van der Waals surface area (Å²) in [7, 11) is 4.26. The van der Waals surface area contributed by atoms with E-state index in [1.165, 1.54) is 5.56 Å². The number of nitrogens with zero attached hydrogens (tertiary/aromatic N) is 1.